The monoisotopic (exact) mass is 318 g/mol. The molecule has 0 aromatic heterocycles. The maximum atomic E-state index is 12.7. The Balaban J connectivity index is 2.20. The predicted octanol–water partition coefficient (Wildman–Crippen LogP) is 1.03. The van der Waals surface area contributed by atoms with Crippen LogP contribution in [0.15, 0.2) is 0 Å². The summed E-state index contributed by atoms with van der Waals surface area (Å²) in [5.74, 6) is -0.0149. The molecule has 6 nitrogen and oxygen atoms in total. The van der Waals surface area contributed by atoms with E-state index in [-0.39, 0.29) is 17.7 Å². The second-order valence-corrected chi connectivity index (χ2v) is 7.89. The number of carbonyl (C=O) groups excluding carboxylic acids is 1. The Kier molecular flexibility index (Phi) is 5.76. The molecule has 0 N–H and O–H groups in total. The van der Waals surface area contributed by atoms with Gasteiger partial charge in [-0.25, -0.2) is 0 Å². The van der Waals surface area contributed by atoms with Crippen molar-refractivity contribution < 1.29 is 17.9 Å². The van der Waals surface area contributed by atoms with E-state index >= 15 is 0 Å². The number of ketones is 1. The molecule has 0 radical (unpaired) electrons. The van der Waals surface area contributed by atoms with Crippen LogP contribution in [0.3, 0.4) is 0 Å². The van der Waals surface area contributed by atoms with E-state index in [0.717, 1.165) is 25.7 Å². The molecule has 2 aliphatic rings. The van der Waals surface area contributed by atoms with E-state index in [2.05, 4.69) is 0 Å². The minimum atomic E-state index is -3.51. The number of rotatable bonds is 5. The standard InChI is InChI=1S/C14H26N2O4S/c1-3-8-15(2)21(18,19)16-9-10-20-11-13(16)12-6-4-5-7-14(12)17/h12-13H,3-11H2,1-2H3. The largest absolute Gasteiger partial charge is 0.378 e. The molecule has 21 heavy (non-hydrogen) atoms. The van der Waals surface area contributed by atoms with Crippen LogP contribution in [0.2, 0.25) is 0 Å². The van der Waals surface area contributed by atoms with Crippen LogP contribution in [0, 0.1) is 5.92 Å². The third-order valence-corrected chi connectivity index (χ3v) is 6.43. The number of ether oxygens (including phenoxy) is 1. The van der Waals surface area contributed by atoms with Crippen LogP contribution in [0.25, 0.3) is 0 Å². The second-order valence-electron chi connectivity index (χ2n) is 5.90. The lowest BCUT2D eigenvalue weighted by atomic mass is 9.82. The smallest absolute Gasteiger partial charge is 0.282 e. The molecule has 0 spiro atoms. The number of nitrogens with zero attached hydrogens (tertiary/aromatic N) is 2. The molecule has 122 valence electrons. The SMILES string of the molecule is CCCN(C)S(=O)(=O)N1CCOCC1C1CCCCC1=O. The van der Waals surface area contributed by atoms with E-state index in [4.69, 9.17) is 4.74 Å². The van der Waals surface area contributed by atoms with Gasteiger partial charge < -0.3 is 4.74 Å². The van der Waals surface area contributed by atoms with Crippen molar-refractivity contribution in [2.75, 3.05) is 33.4 Å². The lowest BCUT2D eigenvalue weighted by molar-refractivity contribution is -0.128. The molecule has 2 unspecified atom stereocenters. The van der Waals surface area contributed by atoms with Crippen molar-refractivity contribution in [1.82, 2.24) is 8.61 Å². The van der Waals surface area contributed by atoms with Crippen molar-refractivity contribution in [1.29, 1.82) is 0 Å². The Bertz CT molecular complexity index is 466. The van der Waals surface area contributed by atoms with Crippen molar-refractivity contribution in [3.05, 3.63) is 0 Å². The summed E-state index contributed by atoms with van der Waals surface area (Å²) in [4.78, 5) is 12.2. The molecule has 0 aromatic carbocycles. The first kappa shape index (κ1) is 16.9. The lowest BCUT2D eigenvalue weighted by Gasteiger charge is -2.41. The summed E-state index contributed by atoms with van der Waals surface area (Å²) in [7, 11) is -1.91. The molecule has 0 amide bonds. The van der Waals surface area contributed by atoms with Gasteiger partial charge in [0.05, 0.1) is 19.3 Å². The van der Waals surface area contributed by atoms with Crippen LogP contribution >= 0.6 is 0 Å². The Labute approximate surface area is 127 Å². The molecule has 1 saturated heterocycles. The fourth-order valence-corrected chi connectivity index (χ4v) is 4.86. The van der Waals surface area contributed by atoms with Gasteiger partial charge >= 0.3 is 0 Å². The highest BCUT2D eigenvalue weighted by atomic mass is 32.2. The molecule has 7 heteroatoms. The molecule has 2 rings (SSSR count). The summed E-state index contributed by atoms with van der Waals surface area (Å²) in [6.07, 6.45) is 4.03. The highest BCUT2D eigenvalue weighted by Crippen LogP contribution is 2.30. The van der Waals surface area contributed by atoms with Crippen molar-refractivity contribution in [3.63, 3.8) is 0 Å². The molecule has 0 aromatic rings. The van der Waals surface area contributed by atoms with Crippen molar-refractivity contribution >= 4 is 16.0 Å². The van der Waals surface area contributed by atoms with Gasteiger partial charge in [-0.2, -0.15) is 17.0 Å². The number of morpholine rings is 1. The summed E-state index contributed by atoms with van der Waals surface area (Å²) in [6.45, 7) is 3.51. The summed E-state index contributed by atoms with van der Waals surface area (Å²) in [5, 5.41) is 0. The first-order chi connectivity index (χ1) is 9.98. The van der Waals surface area contributed by atoms with Crippen LogP contribution in [-0.2, 0) is 19.7 Å². The Hall–Kier alpha value is -0.500. The molecular formula is C14H26N2O4S. The van der Waals surface area contributed by atoms with Gasteiger partial charge in [-0.1, -0.05) is 13.3 Å². The van der Waals surface area contributed by atoms with Crippen LogP contribution in [0.4, 0.5) is 0 Å². The lowest BCUT2D eigenvalue weighted by Crippen LogP contribution is -2.57. The average molecular weight is 318 g/mol. The van der Waals surface area contributed by atoms with Crippen LogP contribution < -0.4 is 0 Å². The molecule has 1 saturated carbocycles. The van der Waals surface area contributed by atoms with E-state index in [1.807, 2.05) is 6.92 Å². The molecular weight excluding hydrogens is 292 g/mol. The normalized spacial score (nSPS) is 29.0. The maximum absolute atomic E-state index is 12.7. The van der Waals surface area contributed by atoms with Gasteiger partial charge in [-0.3, -0.25) is 4.79 Å². The Morgan fingerprint density at radius 1 is 1.38 bits per heavy atom. The topological polar surface area (TPSA) is 66.9 Å². The highest BCUT2D eigenvalue weighted by Gasteiger charge is 2.42. The first-order valence-corrected chi connectivity index (χ1v) is 9.21. The summed E-state index contributed by atoms with van der Waals surface area (Å²) < 4.78 is 33.8. The fourth-order valence-electron chi connectivity index (χ4n) is 3.24. The third-order valence-electron chi connectivity index (χ3n) is 4.41. The zero-order chi connectivity index (χ0) is 15.5. The maximum Gasteiger partial charge on any atom is 0.282 e. The average Bonchev–Trinajstić information content (AvgIpc) is 2.48. The van der Waals surface area contributed by atoms with Gasteiger partial charge in [-0.05, 0) is 19.3 Å². The van der Waals surface area contributed by atoms with Gasteiger partial charge in [0.25, 0.3) is 10.2 Å². The predicted molar refractivity (Wildman–Crippen MR) is 80.1 cm³/mol. The number of hydrogen-bond acceptors (Lipinski definition) is 4. The van der Waals surface area contributed by atoms with E-state index in [9.17, 15) is 13.2 Å². The number of Topliss-reactive ketones (excluding diaryl/α,β-unsaturated/α-hetero) is 1. The van der Waals surface area contributed by atoms with Crippen molar-refractivity contribution in [3.8, 4) is 0 Å². The quantitative estimate of drug-likeness (QED) is 0.759. The van der Waals surface area contributed by atoms with Gasteiger partial charge in [0.15, 0.2) is 0 Å². The van der Waals surface area contributed by atoms with Gasteiger partial charge in [0.1, 0.15) is 5.78 Å². The minimum Gasteiger partial charge on any atom is -0.378 e. The first-order valence-electron chi connectivity index (χ1n) is 7.82. The molecule has 0 bridgehead atoms. The molecule has 1 heterocycles. The minimum absolute atomic E-state index is 0.190. The van der Waals surface area contributed by atoms with Gasteiger partial charge in [-0.15, -0.1) is 0 Å². The fraction of sp³-hybridized carbons (Fsp3) is 0.929. The number of hydrogen-bond donors (Lipinski definition) is 0. The van der Waals surface area contributed by atoms with Crippen LogP contribution in [0.1, 0.15) is 39.0 Å². The van der Waals surface area contributed by atoms with Crippen molar-refractivity contribution in [2.45, 2.75) is 45.1 Å². The summed E-state index contributed by atoms with van der Waals surface area (Å²) in [5.41, 5.74) is 0. The van der Waals surface area contributed by atoms with Crippen LogP contribution in [0.5, 0.6) is 0 Å². The highest BCUT2D eigenvalue weighted by molar-refractivity contribution is 7.86. The van der Waals surface area contributed by atoms with E-state index in [1.165, 1.54) is 8.61 Å². The summed E-state index contributed by atoms with van der Waals surface area (Å²) >= 11 is 0. The van der Waals surface area contributed by atoms with Gasteiger partial charge in [0, 0.05) is 32.5 Å². The molecule has 2 fully saturated rings. The van der Waals surface area contributed by atoms with Crippen LogP contribution in [-0.4, -0.2) is 62.2 Å². The third kappa shape index (κ3) is 3.64. The zero-order valence-electron chi connectivity index (χ0n) is 13.0. The van der Waals surface area contributed by atoms with Gasteiger partial charge in [0.2, 0.25) is 0 Å². The molecule has 1 aliphatic heterocycles. The van der Waals surface area contributed by atoms with E-state index in [1.54, 1.807) is 7.05 Å². The van der Waals surface area contributed by atoms with Crippen molar-refractivity contribution in [2.24, 2.45) is 5.92 Å². The zero-order valence-corrected chi connectivity index (χ0v) is 13.8. The number of carbonyl (C=O) groups is 1. The Morgan fingerprint density at radius 2 is 2.14 bits per heavy atom. The molecule has 2 atom stereocenters. The summed E-state index contributed by atoms with van der Waals surface area (Å²) in [6, 6.07) is -0.337. The van der Waals surface area contributed by atoms with E-state index < -0.39 is 10.2 Å². The second kappa shape index (κ2) is 7.17. The molecule has 1 aliphatic carbocycles. The Morgan fingerprint density at radius 3 is 2.81 bits per heavy atom. The van der Waals surface area contributed by atoms with E-state index in [0.29, 0.717) is 32.7 Å².